The second kappa shape index (κ2) is 42.2. The van der Waals surface area contributed by atoms with Crippen LogP contribution in [0.1, 0.15) is 161 Å². The Morgan fingerprint density at radius 3 is 1.25 bits per heavy atom. The van der Waals surface area contributed by atoms with Gasteiger partial charge in [0.15, 0.2) is 0 Å². The smallest absolute Gasteiger partial charge is 0.326 e. The molecule has 0 aromatic rings. The topological polar surface area (TPSA) is 372 Å². The lowest BCUT2D eigenvalue weighted by molar-refractivity contribution is -0.144. The SMILES string of the molecule is CN(C)N[C@@H](CCCCNC(=O)CC[C@H](NC(=O)CC[C@H](NC(=O)COCCOCCNC(=O)CC[C@H](NC(=O)CCCCCCCCCCCCCCCCC(=O)O)C(=O)O)C(=O)O)C(=O)O)C(N)=O. The summed E-state index contributed by atoms with van der Waals surface area (Å²) < 4.78 is 10.6. The number of nitrogens with zero attached hydrogens (tertiary/aromatic N) is 1. The predicted octanol–water partition coefficient (Wildman–Crippen LogP) is 1.72. The van der Waals surface area contributed by atoms with Gasteiger partial charge in [0, 0.05) is 59.3 Å². The van der Waals surface area contributed by atoms with E-state index in [9.17, 15) is 63.3 Å². The van der Waals surface area contributed by atoms with E-state index >= 15 is 0 Å². The van der Waals surface area contributed by atoms with Crippen LogP contribution in [0.3, 0.4) is 0 Å². The molecule has 71 heavy (non-hydrogen) atoms. The highest BCUT2D eigenvalue weighted by Crippen LogP contribution is 2.14. The van der Waals surface area contributed by atoms with Crippen molar-refractivity contribution in [2.75, 3.05) is 53.6 Å². The third kappa shape index (κ3) is 39.9. The number of nitrogens with two attached hydrogens (primary N) is 1. The fourth-order valence-corrected chi connectivity index (χ4v) is 7.16. The minimum Gasteiger partial charge on any atom is -0.481 e. The van der Waals surface area contributed by atoms with Crippen molar-refractivity contribution in [3.8, 4) is 0 Å². The molecule has 0 saturated heterocycles. The quantitative estimate of drug-likeness (QED) is 0.0305. The molecule has 12 N–H and O–H groups in total. The van der Waals surface area contributed by atoms with Crippen molar-refractivity contribution in [2.45, 2.75) is 185 Å². The van der Waals surface area contributed by atoms with Crippen LogP contribution in [-0.4, -0.2) is 163 Å². The molecule has 408 valence electrons. The Balaban J connectivity index is 4.16. The minimum absolute atomic E-state index is 0.0149. The van der Waals surface area contributed by atoms with Crippen LogP contribution in [0, 0.1) is 0 Å². The molecule has 0 unspecified atom stereocenters. The van der Waals surface area contributed by atoms with Gasteiger partial charge in [-0.3, -0.25) is 33.6 Å². The van der Waals surface area contributed by atoms with Crippen molar-refractivity contribution < 1.29 is 77.8 Å². The summed E-state index contributed by atoms with van der Waals surface area (Å²) in [5.74, 6) is -8.16. The first kappa shape index (κ1) is 65.5. The van der Waals surface area contributed by atoms with Gasteiger partial charge in [-0.05, 0) is 51.4 Å². The lowest BCUT2D eigenvalue weighted by Crippen LogP contribution is -2.47. The number of ether oxygens (including phenoxy) is 2. The maximum Gasteiger partial charge on any atom is 0.326 e. The van der Waals surface area contributed by atoms with Crippen LogP contribution in [0.15, 0.2) is 0 Å². The van der Waals surface area contributed by atoms with Gasteiger partial charge < -0.3 is 62.2 Å². The van der Waals surface area contributed by atoms with Gasteiger partial charge in [-0.25, -0.2) is 24.8 Å². The van der Waals surface area contributed by atoms with Crippen molar-refractivity contribution in [1.29, 1.82) is 0 Å². The molecular formula is C47H84N8O16. The summed E-state index contributed by atoms with van der Waals surface area (Å²) in [4.78, 5) is 119. The number of carbonyl (C=O) groups excluding carboxylic acids is 6. The van der Waals surface area contributed by atoms with E-state index < -0.39 is 90.6 Å². The maximum absolute atomic E-state index is 12.5. The first-order valence-corrected chi connectivity index (χ1v) is 25.0. The second-order valence-electron chi connectivity index (χ2n) is 17.7. The molecule has 0 aliphatic carbocycles. The van der Waals surface area contributed by atoms with Gasteiger partial charge in [-0.1, -0.05) is 77.0 Å². The van der Waals surface area contributed by atoms with Crippen LogP contribution in [0.5, 0.6) is 0 Å². The zero-order valence-corrected chi connectivity index (χ0v) is 41.9. The average Bonchev–Trinajstić information content (AvgIpc) is 3.29. The first-order chi connectivity index (χ1) is 33.8. The van der Waals surface area contributed by atoms with E-state index in [1.165, 1.54) is 32.1 Å². The molecule has 0 aromatic heterocycles. The molecule has 0 radical (unpaired) electrons. The largest absolute Gasteiger partial charge is 0.481 e. The number of carboxylic acid groups (broad SMARTS) is 4. The fourth-order valence-electron chi connectivity index (χ4n) is 7.16. The standard InChI is InChI=1S/C47H84N8O16/c1-55(2)54-34(44(48)63)19-17-18-28-49-38(56)25-22-36(46(66)67)52-41(59)27-24-37(47(68)69)53-42(60)33-71-32-31-70-30-29-50-39(57)26-23-35(45(64)65)51-40(58)20-15-13-11-9-7-5-3-4-6-8-10-12-14-16-21-43(61)62/h34-37,54H,3-33H2,1-2H3,(H2,48,63)(H,49,56)(H,50,57)(H,51,58)(H,52,59)(H,53,60)(H,61,62)(H,64,65)(H,66,67)(H,68,69)/t34-,35-,36-,37-/m0/s1. The molecule has 4 atom stereocenters. The molecule has 0 spiro atoms. The van der Waals surface area contributed by atoms with Crippen LogP contribution >= 0.6 is 0 Å². The van der Waals surface area contributed by atoms with E-state index in [0.717, 1.165) is 51.4 Å². The lowest BCUT2D eigenvalue weighted by Gasteiger charge is -2.20. The molecule has 0 heterocycles. The van der Waals surface area contributed by atoms with Crippen LogP contribution in [0.4, 0.5) is 0 Å². The minimum atomic E-state index is -1.49. The molecule has 0 rings (SSSR count). The number of rotatable bonds is 48. The van der Waals surface area contributed by atoms with Gasteiger partial charge in [0.2, 0.25) is 35.4 Å². The van der Waals surface area contributed by atoms with E-state index in [1.54, 1.807) is 19.1 Å². The Bertz CT molecular complexity index is 1600. The van der Waals surface area contributed by atoms with Crippen molar-refractivity contribution in [3.63, 3.8) is 0 Å². The highest BCUT2D eigenvalue weighted by molar-refractivity contribution is 5.87. The van der Waals surface area contributed by atoms with Crippen molar-refractivity contribution in [3.05, 3.63) is 0 Å². The highest BCUT2D eigenvalue weighted by atomic mass is 16.5. The summed E-state index contributed by atoms with van der Waals surface area (Å²) in [7, 11) is 3.44. The number of carbonyl (C=O) groups is 10. The van der Waals surface area contributed by atoms with Gasteiger partial charge >= 0.3 is 23.9 Å². The van der Waals surface area contributed by atoms with E-state index in [4.69, 9.17) is 20.3 Å². The van der Waals surface area contributed by atoms with Gasteiger partial charge in [0.1, 0.15) is 24.7 Å². The molecule has 0 aliphatic heterocycles. The first-order valence-electron chi connectivity index (χ1n) is 25.0. The number of aliphatic carboxylic acids is 4. The van der Waals surface area contributed by atoms with E-state index in [0.29, 0.717) is 25.7 Å². The summed E-state index contributed by atoms with van der Waals surface area (Å²) >= 11 is 0. The zero-order chi connectivity index (χ0) is 53.2. The van der Waals surface area contributed by atoms with E-state index in [2.05, 4.69) is 32.0 Å². The van der Waals surface area contributed by atoms with Gasteiger partial charge in [0.25, 0.3) is 0 Å². The second-order valence-corrected chi connectivity index (χ2v) is 17.7. The highest BCUT2D eigenvalue weighted by Gasteiger charge is 2.25. The molecule has 24 nitrogen and oxygen atoms in total. The Labute approximate surface area is 417 Å². The Kier molecular flexibility index (Phi) is 39.0. The van der Waals surface area contributed by atoms with Crippen LogP contribution in [0.25, 0.3) is 0 Å². The molecule has 0 aromatic carbocycles. The van der Waals surface area contributed by atoms with Crippen molar-refractivity contribution >= 4 is 59.3 Å². The molecule has 6 amide bonds. The number of hydrogen-bond donors (Lipinski definition) is 11. The fraction of sp³-hybridized carbons (Fsp3) is 0.787. The third-order valence-corrected chi connectivity index (χ3v) is 11.1. The molecular weight excluding hydrogens is 933 g/mol. The van der Waals surface area contributed by atoms with Crippen molar-refractivity contribution in [2.24, 2.45) is 5.73 Å². The molecule has 0 saturated carbocycles. The number of hydrazine groups is 1. The molecule has 24 heteroatoms. The zero-order valence-electron chi connectivity index (χ0n) is 41.9. The monoisotopic (exact) mass is 1020 g/mol. The Morgan fingerprint density at radius 2 is 0.817 bits per heavy atom. The summed E-state index contributed by atoms with van der Waals surface area (Å²) in [6, 6.07) is -4.69. The number of primary amides is 1. The van der Waals surface area contributed by atoms with Crippen molar-refractivity contribution in [1.82, 2.24) is 37.0 Å². The average molecular weight is 1020 g/mol. The summed E-state index contributed by atoms with van der Waals surface area (Å²) in [5, 5.41) is 51.1. The van der Waals surface area contributed by atoms with Crippen LogP contribution in [0.2, 0.25) is 0 Å². The van der Waals surface area contributed by atoms with Gasteiger partial charge in [0.05, 0.1) is 25.9 Å². The van der Waals surface area contributed by atoms with Crippen LogP contribution < -0.4 is 37.7 Å². The number of hydrogen-bond acceptors (Lipinski definition) is 14. The van der Waals surface area contributed by atoms with Gasteiger partial charge in [-0.15, -0.1) is 0 Å². The number of amides is 6. The van der Waals surface area contributed by atoms with Crippen LogP contribution in [-0.2, 0) is 57.4 Å². The number of carboxylic acids is 4. The maximum atomic E-state index is 12.5. The normalized spacial score (nSPS) is 12.8. The predicted molar refractivity (Wildman–Crippen MR) is 259 cm³/mol. The summed E-state index contributed by atoms with van der Waals surface area (Å²) in [5.41, 5.74) is 8.28. The van der Waals surface area contributed by atoms with E-state index in [-0.39, 0.29) is 83.8 Å². The van der Waals surface area contributed by atoms with Gasteiger partial charge in [-0.2, -0.15) is 0 Å². The molecule has 0 bridgehead atoms. The summed E-state index contributed by atoms with van der Waals surface area (Å²) in [6.07, 6.45) is 15.2. The van der Waals surface area contributed by atoms with E-state index in [1.807, 2.05) is 0 Å². The summed E-state index contributed by atoms with van der Waals surface area (Å²) in [6.45, 7) is -0.149. The molecule has 0 fully saturated rings. The Hall–Kier alpha value is -5.46. The number of unbranched alkanes of at least 4 members (excludes halogenated alkanes) is 14. The molecule has 0 aliphatic rings. The third-order valence-electron chi connectivity index (χ3n) is 11.1. The lowest BCUT2D eigenvalue weighted by atomic mass is 10.0. The Morgan fingerprint density at radius 1 is 0.423 bits per heavy atom. The number of nitrogens with one attached hydrogen (secondary N) is 6.